The molecule has 112 valence electrons. The zero-order chi connectivity index (χ0) is 15.4. The van der Waals surface area contributed by atoms with Gasteiger partial charge in [-0.3, -0.25) is 9.48 Å². The number of carbonyl (C=O) groups is 1. The van der Waals surface area contributed by atoms with Gasteiger partial charge in [0.05, 0.1) is 19.2 Å². The first-order valence-corrected chi connectivity index (χ1v) is 7.07. The lowest BCUT2D eigenvalue weighted by Crippen LogP contribution is -2.17. The molecule has 0 aliphatic heterocycles. The Hall–Kier alpha value is -2.01. The maximum absolute atomic E-state index is 12.1. The molecule has 0 saturated carbocycles. The Kier molecular flexibility index (Phi) is 4.85. The number of rotatable bonds is 5. The van der Waals surface area contributed by atoms with Crippen LogP contribution < -0.4 is 10.1 Å². The number of benzene rings is 1. The number of aryl methyl sites for hydroxylation is 2. The van der Waals surface area contributed by atoms with E-state index in [1.807, 2.05) is 31.2 Å². The van der Waals surface area contributed by atoms with Gasteiger partial charge in [0, 0.05) is 7.05 Å². The summed E-state index contributed by atoms with van der Waals surface area (Å²) in [5.74, 6) is 1.12. The molecule has 1 aromatic carbocycles. The molecule has 6 heteroatoms. The largest absolute Gasteiger partial charge is 0.497 e. The van der Waals surface area contributed by atoms with Gasteiger partial charge in [-0.05, 0) is 24.1 Å². The zero-order valence-corrected chi connectivity index (χ0v) is 13.1. The number of amides is 1. The second-order valence-corrected chi connectivity index (χ2v) is 5.04. The van der Waals surface area contributed by atoms with E-state index in [9.17, 15) is 4.79 Å². The van der Waals surface area contributed by atoms with Crippen molar-refractivity contribution < 1.29 is 9.53 Å². The summed E-state index contributed by atoms with van der Waals surface area (Å²) in [6, 6.07) is 7.41. The van der Waals surface area contributed by atoms with E-state index >= 15 is 0 Å². The van der Waals surface area contributed by atoms with Crippen LogP contribution in [0.25, 0.3) is 0 Å². The van der Waals surface area contributed by atoms with Crippen LogP contribution in [0.2, 0.25) is 5.02 Å². The second kappa shape index (κ2) is 6.63. The van der Waals surface area contributed by atoms with Crippen LogP contribution in [0.15, 0.2) is 24.3 Å². The number of nitrogens with zero attached hydrogens (tertiary/aromatic N) is 2. The molecule has 5 nitrogen and oxygen atoms in total. The minimum Gasteiger partial charge on any atom is -0.497 e. The van der Waals surface area contributed by atoms with Crippen LogP contribution in [0.1, 0.15) is 18.2 Å². The third kappa shape index (κ3) is 3.55. The van der Waals surface area contributed by atoms with E-state index in [2.05, 4.69) is 10.4 Å². The van der Waals surface area contributed by atoms with E-state index in [1.54, 1.807) is 18.8 Å². The molecule has 0 unspecified atom stereocenters. The molecular weight excluding hydrogens is 290 g/mol. The lowest BCUT2D eigenvalue weighted by molar-refractivity contribution is -0.115. The van der Waals surface area contributed by atoms with Crippen LogP contribution >= 0.6 is 11.6 Å². The van der Waals surface area contributed by atoms with Crippen molar-refractivity contribution in [2.75, 3.05) is 12.4 Å². The average Bonchev–Trinajstić information content (AvgIpc) is 2.74. The lowest BCUT2D eigenvalue weighted by atomic mass is 10.1. The molecule has 0 aliphatic rings. The van der Waals surface area contributed by atoms with Crippen molar-refractivity contribution in [2.24, 2.45) is 7.05 Å². The fraction of sp³-hybridized carbons (Fsp3) is 0.333. The highest BCUT2D eigenvalue weighted by Crippen LogP contribution is 2.25. The highest BCUT2D eigenvalue weighted by Gasteiger charge is 2.15. The highest BCUT2D eigenvalue weighted by molar-refractivity contribution is 6.34. The minimum atomic E-state index is -0.143. The minimum absolute atomic E-state index is 0.143. The van der Waals surface area contributed by atoms with Crippen molar-refractivity contribution in [1.29, 1.82) is 0 Å². The molecule has 1 amide bonds. The summed E-state index contributed by atoms with van der Waals surface area (Å²) < 4.78 is 6.73. The summed E-state index contributed by atoms with van der Waals surface area (Å²) in [7, 11) is 3.35. The number of aromatic nitrogens is 2. The van der Waals surface area contributed by atoms with Gasteiger partial charge in [0.1, 0.15) is 16.6 Å². The SMILES string of the molecule is CCc1nn(C)c(NC(=O)Cc2cccc(OC)c2)c1Cl. The molecule has 0 aliphatic carbocycles. The number of hydrogen-bond donors (Lipinski definition) is 1. The Morgan fingerprint density at radius 2 is 2.24 bits per heavy atom. The summed E-state index contributed by atoms with van der Waals surface area (Å²) in [5, 5.41) is 7.57. The first kappa shape index (κ1) is 15.4. The van der Waals surface area contributed by atoms with E-state index in [-0.39, 0.29) is 12.3 Å². The number of ether oxygens (including phenoxy) is 1. The zero-order valence-electron chi connectivity index (χ0n) is 12.3. The maximum atomic E-state index is 12.1. The van der Waals surface area contributed by atoms with Crippen LogP contribution in [-0.4, -0.2) is 22.8 Å². The fourth-order valence-electron chi connectivity index (χ4n) is 2.06. The lowest BCUT2D eigenvalue weighted by Gasteiger charge is -2.07. The average molecular weight is 308 g/mol. The molecule has 1 N–H and O–H groups in total. The maximum Gasteiger partial charge on any atom is 0.229 e. The predicted molar refractivity (Wildman–Crippen MR) is 82.9 cm³/mol. The Balaban J connectivity index is 2.10. The number of nitrogens with one attached hydrogen (secondary N) is 1. The Labute approximate surface area is 128 Å². The first-order valence-electron chi connectivity index (χ1n) is 6.69. The van der Waals surface area contributed by atoms with Crippen molar-refractivity contribution in [3.8, 4) is 5.75 Å². The van der Waals surface area contributed by atoms with Gasteiger partial charge < -0.3 is 10.1 Å². The van der Waals surface area contributed by atoms with Crippen molar-refractivity contribution >= 4 is 23.3 Å². The van der Waals surface area contributed by atoms with Crippen molar-refractivity contribution in [3.63, 3.8) is 0 Å². The van der Waals surface area contributed by atoms with E-state index in [1.165, 1.54) is 0 Å². The van der Waals surface area contributed by atoms with Gasteiger partial charge in [-0.2, -0.15) is 5.10 Å². The molecule has 0 bridgehead atoms. The Morgan fingerprint density at radius 3 is 2.86 bits per heavy atom. The van der Waals surface area contributed by atoms with Crippen molar-refractivity contribution in [2.45, 2.75) is 19.8 Å². The molecule has 0 radical (unpaired) electrons. The number of hydrogen-bond acceptors (Lipinski definition) is 3. The standard InChI is InChI=1S/C15H18ClN3O2/c1-4-12-14(16)15(19(2)18-12)17-13(20)9-10-6-5-7-11(8-10)21-3/h5-8H,4,9H2,1-3H3,(H,17,20). The molecule has 21 heavy (non-hydrogen) atoms. The van der Waals surface area contributed by atoms with E-state index in [0.717, 1.165) is 23.4 Å². The van der Waals surface area contributed by atoms with Gasteiger partial charge in [0.25, 0.3) is 0 Å². The van der Waals surface area contributed by atoms with Gasteiger partial charge >= 0.3 is 0 Å². The Morgan fingerprint density at radius 1 is 1.48 bits per heavy atom. The van der Waals surface area contributed by atoms with Gasteiger partial charge in [0.15, 0.2) is 0 Å². The molecule has 0 atom stereocenters. The second-order valence-electron chi connectivity index (χ2n) is 4.66. The number of carbonyl (C=O) groups excluding carboxylic acids is 1. The highest BCUT2D eigenvalue weighted by atomic mass is 35.5. The molecule has 1 aromatic heterocycles. The quantitative estimate of drug-likeness (QED) is 0.924. The predicted octanol–water partition coefficient (Wildman–Crippen LogP) is 2.83. The van der Waals surface area contributed by atoms with Crippen LogP contribution in [0.4, 0.5) is 5.82 Å². The monoisotopic (exact) mass is 307 g/mol. The molecule has 0 fully saturated rings. The van der Waals surface area contributed by atoms with Crippen molar-refractivity contribution in [3.05, 3.63) is 40.5 Å². The van der Waals surface area contributed by atoms with Crippen LogP contribution in [0, 0.1) is 0 Å². The third-order valence-corrected chi connectivity index (χ3v) is 3.54. The fourth-order valence-corrected chi connectivity index (χ4v) is 2.40. The summed E-state index contributed by atoms with van der Waals surface area (Å²) in [6.07, 6.45) is 0.971. The molecule has 2 aromatic rings. The van der Waals surface area contributed by atoms with E-state index in [4.69, 9.17) is 16.3 Å². The summed E-state index contributed by atoms with van der Waals surface area (Å²) >= 11 is 6.21. The normalized spacial score (nSPS) is 10.5. The molecule has 2 rings (SSSR count). The molecule has 0 saturated heterocycles. The Bertz CT molecular complexity index is 652. The van der Waals surface area contributed by atoms with Crippen LogP contribution in [0.3, 0.4) is 0 Å². The number of anilines is 1. The summed E-state index contributed by atoms with van der Waals surface area (Å²) in [6.45, 7) is 1.97. The topological polar surface area (TPSA) is 56.2 Å². The van der Waals surface area contributed by atoms with Gasteiger partial charge in [-0.25, -0.2) is 0 Å². The van der Waals surface area contributed by atoms with Gasteiger partial charge in [-0.1, -0.05) is 30.7 Å². The molecular formula is C15H18ClN3O2. The van der Waals surface area contributed by atoms with Crippen LogP contribution in [-0.2, 0) is 24.7 Å². The van der Waals surface area contributed by atoms with Gasteiger partial charge in [0.2, 0.25) is 5.91 Å². The first-order chi connectivity index (χ1) is 10.0. The van der Waals surface area contributed by atoms with Crippen molar-refractivity contribution in [1.82, 2.24) is 9.78 Å². The van der Waals surface area contributed by atoms with E-state index in [0.29, 0.717) is 10.8 Å². The van der Waals surface area contributed by atoms with E-state index < -0.39 is 0 Å². The summed E-state index contributed by atoms with van der Waals surface area (Å²) in [5.41, 5.74) is 1.65. The van der Waals surface area contributed by atoms with Crippen LogP contribution in [0.5, 0.6) is 5.75 Å². The molecule has 1 heterocycles. The number of methoxy groups -OCH3 is 1. The smallest absolute Gasteiger partial charge is 0.229 e. The summed E-state index contributed by atoms with van der Waals surface area (Å²) in [4.78, 5) is 12.1. The van der Waals surface area contributed by atoms with Gasteiger partial charge in [-0.15, -0.1) is 0 Å². The molecule has 0 spiro atoms. The number of halogens is 1. The third-order valence-electron chi connectivity index (χ3n) is 3.15.